The molecule has 3 rings (SSSR count). The summed E-state index contributed by atoms with van der Waals surface area (Å²) in [6.07, 6.45) is 0. The lowest BCUT2D eigenvalue weighted by Gasteiger charge is -2.14. The number of nitrogens with zero attached hydrogens (tertiary/aromatic N) is 1. The largest absolute Gasteiger partial charge is 0.497 e. The second-order valence-electron chi connectivity index (χ2n) is 5.55. The summed E-state index contributed by atoms with van der Waals surface area (Å²) in [5.74, 6) is 2.63. The maximum Gasteiger partial charge on any atom is 0.262 e. The molecule has 0 saturated heterocycles. The maximum atomic E-state index is 12.7. The molecule has 0 unspecified atom stereocenters. The average molecular weight is 372 g/mol. The van der Waals surface area contributed by atoms with Crippen molar-refractivity contribution in [1.82, 2.24) is 9.97 Å². The van der Waals surface area contributed by atoms with Crippen molar-refractivity contribution in [2.75, 3.05) is 35.5 Å². The minimum Gasteiger partial charge on any atom is -0.497 e. The first-order chi connectivity index (χ1) is 13.1. The van der Waals surface area contributed by atoms with Gasteiger partial charge in [0, 0.05) is 17.7 Å². The van der Waals surface area contributed by atoms with Crippen LogP contribution in [0.15, 0.2) is 29.1 Å². The van der Waals surface area contributed by atoms with E-state index < -0.39 is 0 Å². The molecule has 0 radical (unpaired) electrons. The van der Waals surface area contributed by atoms with Crippen molar-refractivity contribution in [2.45, 2.75) is 0 Å². The van der Waals surface area contributed by atoms with Gasteiger partial charge in [-0.05, 0) is 12.1 Å². The van der Waals surface area contributed by atoms with Gasteiger partial charge in [-0.3, -0.25) is 4.79 Å². The van der Waals surface area contributed by atoms with E-state index in [1.54, 1.807) is 24.3 Å². The zero-order valence-corrected chi connectivity index (χ0v) is 15.7. The van der Waals surface area contributed by atoms with Crippen molar-refractivity contribution < 1.29 is 23.7 Å². The Morgan fingerprint density at radius 3 is 1.93 bits per heavy atom. The summed E-state index contributed by atoms with van der Waals surface area (Å²) in [5, 5.41) is 0.342. The van der Waals surface area contributed by atoms with Crippen LogP contribution in [0.25, 0.3) is 22.3 Å². The van der Waals surface area contributed by atoms with Gasteiger partial charge in [0.05, 0.1) is 41.1 Å². The van der Waals surface area contributed by atoms with Crippen LogP contribution in [0.3, 0.4) is 0 Å². The van der Waals surface area contributed by atoms with Crippen LogP contribution in [-0.4, -0.2) is 45.5 Å². The number of benzene rings is 2. The van der Waals surface area contributed by atoms with Crippen LogP contribution in [0.5, 0.6) is 28.7 Å². The first-order valence-electron chi connectivity index (χ1n) is 8.02. The quantitative estimate of drug-likeness (QED) is 0.711. The van der Waals surface area contributed by atoms with E-state index in [1.807, 2.05) is 0 Å². The fourth-order valence-corrected chi connectivity index (χ4v) is 2.84. The number of methoxy groups -OCH3 is 5. The molecule has 0 spiro atoms. The predicted octanol–water partition coefficient (Wildman–Crippen LogP) is 2.63. The molecule has 0 fully saturated rings. The smallest absolute Gasteiger partial charge is 0.262 e. The van der Waals surface area contributed by atoms with Crippen LogP contribution in [0.2, 0.25) is 0 Å². The second-order valence-corrected chi connectivity index (χ2v) is 5.55. The molecule has 8 heteroatoms. The highest BCUT2D eigenvalue weighted by molar-refractivity contribution is 5.87. The Hall–Kier alpha value is -3.42. The van der Waals surface area contributed by atoms with E-state index in [9.17, 15) is 4.79 Å². The third-order valence-electron chi connectivity index (χ3n) is 4.14. The molecule has 1 N–H and O–H groups in total. The Labute approximate surface area is 155 Å². The normalized spacial score (nSPS) is 10.6. The molecule has 0 aliphatic carbocycles. The predicted molar refractivity (Wildman–Crippen MR) is 101 cm³/mol. The van der Waals surface area contributed by atoms with Crippen molar-refractivity contribution >= 4 is 10.9 Å². The molecule has 0 bridgehead atoms. The van der Waals surface area contributed by atoms with Gasteiger partial charge in [0.2, 0.25) is 5.75 Å². The van der Waals surface area contributed by atoms with E-state index in [4.69, 9.17) is 23.7 Å². The van der Waals surface area contributed by atoms with E-state index in [0.717, 1.165) is 0 Å². The summed E-state index contributed by atoms with van der Waals surface area (Å²) in [6, 6.07) is 6.73. The molecule has 1 heterocycles. The second kappa shape index (κ2) is 7.45. The average Bonchev–Trinajstić information content (AvgIpc) is 2.71. The van der Waals surface area contributed by atoms with Gasteiger partial charge < -0.3 is 28.7 Å². The van der Waals surface area contributed by atoms with Crippen LogP contribution in [-0.2, 0) is 0 Å². The molecule has 3 aromatic rings. The lowest BCUT2D eigenvalue weighted by atomic mass is 10.1. The van der Waals surface area contributed by atoms with Crippen molar-refractivity contribution in [2.24, 2.45) is 0 Å². The number of rotatable bonds is 6. The summed E-state index contributed by atoms with van der Waals surface area (Å²) >= 11 is 0. The van der Waals surface area contributed by atoms with Gasteiger partial charge in [0.1, 0.15) is 22.7 Å². The van der Waals surface area contributed by atoms with E-state index in [1.165, 1.54) is 35.5 Å². The molecule has 8 nitrogen and oxygen atoms in total. The first kappa shape index (κ1) is 18.4. The molecule has 1 aromatic heterocycles. The number of hydrogen-bond donors (Lipinski definition) is 1. The third kappa shape index (κ3) is 3.21. The number of aromatic nitrogens is 2. The Morgan fingerprint density at radius 1 is 0.778 bits per heavy atom. The van der Waals surface area contributed by atoms with E-state index in [2.05, 4.69) is 9.97 Å². The number of aromatic amines is 1. The minimum absolute atomic E-state index is 0.330. The van der Waals surface area contributed by atoms with Crippen LogP contribution in [0, 0.1) is 0 Å². The zero-order valence-electron chi connectivity index (χ0n) is 15.7. The standard InChI is InChI=1S/C19H20N2O6/c1-23-11-8-12-16(13(9-11)24-2)19(22)21-18(20-12)10-6-14(25-3)17(27-5)15(7-10)26-4/h6-9H,1-5H3,(H,20,21,22). The summed E-state index contributed by atoms with van der Waals surface area (Å²) in [7, 11) is 7.59. The molecule has 0 amide bonds. The van der Waals surface area contributed by atoms with Gasteiger partial charge in [-0.1, -0.05) is 0 Å². The molecule has 2 aromatic carbocycles. The van der Waals surface area contributed by atoms with E-state index in [-0.39, 0.29) is 5.56 Å². The van der Waals surface area contributed by atoms with Crippen LogP contribution in [0.4, 0.5) is 0 Å². The topological polar surface area (TPSA) is 91.9 Å². The first-order valence-corrected chi connectivity index (χ1v) is 8.02. The Kier molecular flexibility index (Phi) is 5.07. The highest BCUT2D eigenvalue weighted by Gasteiger charge is 2.17. The molecular weight excluding hydrogens is 352 g/mol. The van der Waals surface area contributed by atoms with Gasteiger partial charge in [-0.15, -0.1) is 0 Å². The lowest BCUT2D eigenvalue weighted by Crippen LogP contribution is -2.11. The van der Waals surface area contributed by atoms with Gasteiger partial charge in [0.25, 0.3) is 5.56 Å². The third-order valence-corrected chi connectivity index (χ3v) is 4.14. The van der Waals surface area contributed by atoms with Crippen LogP contribution < -0.4 is 29.2 Å². The monoisotopic (exact) mass is 372 g/mol. The van der Waals surface area contributed by atoms with Crippen molar-refractivity contribution in [3.05, 3.63) is 34.6 Å². The fraction of sp³-hybridized carbons (Fsp3) is 0.263. The minimum atomic E-state index is -0.330. The Morgan fingerprint density at radius 2 is 1.41 bits per heavy atom. The number of fused-ring (bicyclic) bond motifs is 1. The van der Waals surface area contributed by atoms with Gasteiger partial charge in [0.15, 0.2) is 11.5 Å². The van der Waals surface area contributed by atoms with Crippen molar-refractivity contribution in [3.63, 3.8) is 0 Å². The SMILES string of the molecule is COc1cc(OC)c2c(=O)[nH]c(-c3cc(OC)c(OC)c(OC)c3)nc2c1. The number of nitrogens with one attached hydrogen (secondary N) is 1. The highest BCUT2D eigenvalue weighted by atomic mass is 16.5. The van der Waals surface area contributed by atoms with Crippen LogP contribution in [0.1, 0.15) is 0 Å². The molecule has 27 heavy (non-hydrogen) atoms. The Balaban J connectivity index is 2.28. The number of H-pyrrole nitrogens is 1. The number of ether oxygens (including phenoxy) is 5. The van der Waals surface area contributed by atoms with E-state index >= 15 is 0 Å². The maximum absolute atomic E-state index is 12.7. The highest BCUT2D eigenvalue weighted by Crippen LogP contribution is 2.40. The fourth-order valence-electron chi connectivity index (χ4n) is 2.84. The lowest BCUT2D eigenvalue weighted by molar-refractivity contribution is 0.324. The summed E-state index contributed by atoms with van der Waals surface area (Å²) < 4.78 is 26.6. The van der Waals surface area contributed by atoms with Gasteiger partial charge in [-0.25, -0.2) is 4.98 Å². The van der Waals surface area contributed by atoms with Gasteiger partial charge in [-0.2, -0.15) is 0 Å². The molecule has 0 aliphatic heterocycles. The van der Waals surface area contributed by atoms with Crippen molar-refractivity contribution in [1.29, 1.82) is 0 Å². The molecular formula is C19H20N2O6. The molecule has 142 valence electrons. The van der Waals surface area contributed by atoms with Gasteiger partial charge >= 0.3 is 0 Å². The molecule has 0 aliphatic rings. The van der Waals surface area contributed by atoms with Crippen LogP contribution >= 0.6 is 0 Å². The summed E-state index contributed by atoms with van der Waals surface area (Å²) in [5.41, 5.74) is 0.715. The summed E-state index contributed by atoms with van der Waals surface area (Å²) in [4.78, 5) is 20.0. The number of hydrogen-bond acceptors (Lipinski definition) is 7. The Bertz CT molecular complexity index is 1020. The van der Waals surface area contributed by atoms with Crippen molar-refractivity contribution in [3.8, 4) is 40.1 Å². The summed E-state index contributed by atoms with van der Waals surface area (Å²) in [6.45, 7) is 0. The molecule has 0 saturated carbocycles. The van der Waals surface area contributed by atoms with E-state index in [0.29, 0.717) is 51.0 Å². The molecule has 0 atom stereocenters. The zero-order chi connectivity index (χ0) is 19.6.